The third kappa shape index (κ3) is 1.09. The van der Waals surface area contributed by atoms with Gasteiger partial charge in [0.25, 0.3) is 0 Å². The van der Waals surface area contributed by atoms with Crippen LogP contribution in [0.2, 0.25) is 0 Å². The fourth-order valence-electron chi connectivity index (χ4n) is 1.90. The number of hydrogen-bond acceptors (Lipinski definition) is 3. The van der Waals surface area contributed by atoms with Gasteiger partial charge in [0, 0.05) is 13.0 Å². The fourth-order valence-corrected chi connectivity index (χ4v) is 1.90. The Morgan fingerprint density at radius 3 is 2.75 bits per heavy atom. The summed E-state index contributed by atoms with van der Waals surface area (Å²) >= 11 is 0. The Kier molecular flexibility index (Phi) is 2.17. The van der Waals surface area contributed by atoms with Crippen molar-refractivity contribution in [2.45, 2.75) is 18.3 Å². The van der Waals surface area contributed by atoms with Gasteiger partial charge in [-0.25, -0.2) is 0 Å². The highest BCUT2D eigenvalue weighted by molar-refractivity contribution is 5.00. The first kappa shape index (κ1) is 8.23. The summed E-state index contributed by atoms with van der Waals surface area (Å²) in [5.41, 5.74) is 0. The van der Waals surface area contributed by atoms with Crippen LogP contribution in [0.4, 0.5) is 0 Å². The zero-order valence-corrected chi connectivity index (χ0v) is 7.23. The maximum atomic E-state index is 5.56. The van der Waals surface area contributed by atoms with Crippen LogP contribution in [0.1, 0.15) is 0 Å². The van der Waals surface area contributed by atoms with Crippen LogP contribution in [-0.2, 0) is 14.2 Å². The molecule has 4 atom stereocenters. The van der Waals surface area contributed by atoms with Crippen LogP contribution in [0.15, 0.2) is 12.7 Å². The second kappa shape index (κ2) is 3.17. The number of fused-ring (bicyclic) bond motifs is 1. The van der Waals surface area contributed by atoms with E-state index in [1.807, 2.05) is 6.08 Å². The second-order valence-corrected chi connectivity index (χ2v) is 3.27. The lowest BCUT2D eigenvalue weighted by Crippen LogP contribution is -2.30. The van der Waals surface area contributed by atoms with E-state index >= 15 is 0 Å². The highest BCUT2D eigenvalue weighted by Gasteiger charge is 2.46. The normalized spacial score (nSPS) is 46.1. The molecule has 0 aromatic rings. The molecule has 2 aliphatic rings. The third-order valence-corrected chi connectivity index (χ3v) is 2.65. The van der Waals surface area contributed by atoms with E-state index < -0.39 is 0 Å². The van der Waals surface area contributed by atoms with Crippen LogP contribution in [0.5, 0.6) is 0 Å². The molecule has 2 saturated heterocycles. The summed E-state index contributed by atoms with van der Waals surface area (Å²) in [5.74, 6) is 0.343. The number of hydrogen-bond donors (Lipinski definition) is 0. The fraction of sp³-hybridized carbons (Fsp3) is 0.778. The Morgan fingerprint density at radius 2 is 2.08 bits per heavy atom. The largest absolute Gasteiger partial charge is 0.376 e. The third-order valence-electron chi connectivity index (χ3n) is 2.65. The van der Waals surface area contributed by atoms with Crippen molar-refractivity contribution in [3.8, 4) is 0 Å². The Balaban J connectivity index is 2.05. The van der Waals surface area contributed by atoms with Gasteiger partial charge < -0.3 is 14.2 Å². The van der Waals surface area contributed by atoms with E-state index in [1.165, 1.54) is 0 Å². The van der Waals surface area contributed by atoms with Gasteiger partial charge in [-0.3, -0.25) is 0 Å². The average molecular weight is 170 g/mol. The summed E-state index contributed by atoms with van der Waals surface area (Å²) in [5, 5.41) is 0. The van der Waals surface area contributed by atoms with E-state index in [9.17, 15) is 0 Å². The molecule has 2 heterocycles. The molecule has 0 saturated carbocycles. The van der Waals surface area contributed by atoms with E-state index in [0.717, 1.165) is 6.61 Å². The molecule has 3 heteroatoms. The molecule has 0 radical (unpaired) electrons. The van der Waals surface area contributed by atoms with Gasteiger partial charge in [0.15, 0.2) is 0 Å². The second-order valence-electron chi connectivity index (χ2n) is 3.27. The Labute approximate surface area is 72.3 Å². The van der Waals surface area contributed by atoms with Gasteiger partial charge in [-0.05, 0) is 0 Å². The molecule has 0 amide bonds. The zero-order chi connectivity index (χ0) is 8.55. The summed E-state index contributed by atoms with van der Waals surface area (Å²) < 4.78 is 16.4. The number of methoxy groups -OCH3 is 1. The van der Waals surface area contributed by atoms with Crippen LogP contribution in [0.25, 0.3) is 0 Å². The molecule has 2 aliphatic heterocycles. The molecular weight excluding hydrogens is 156 g/mol. The van der Waals surface area contributed by atoms with Crippen molar-refractivity contribution in [2.24, 2.45) is 5.92 Å². The van der Waals surface area contributed by atoms with Crippen LogP contribution in [0, 0.1) is 5.92 Å². The van der Waals surface area contributed by atoms with Gasteiger partial charge in [0.2, 0.25) is 0 Å². The lowest BCUT2D eigenvalue weighted by Gasteiger charge is -2.13. The first-order valence-electron chi connectivity index (χ1n) is 4.25. The minimum Gasteiger partial charge on any atom is -0.376 e. The molecule has 0 aromatic heterocycles. The standard InChI is InChI=1S/C9H14O3/c1-3-6-4-11-9-7(10-2)5-12-8(6)9/h3,6-9H,1,4-5H2,2H3/t6-,7+,8?,9?/m0/s1. The molecule has 2 rings (SSSR count). The smallest absolute Gasteiger partial charge is 0.113 e. The summed E-state index contributed by atoms with van der Waals surface area (Å²) in [6, 6.07) is 0. The summed E-state index contributed by atoms with van der Waals surface area (Å²) in [4.78, 5) is 0. The van der Waals surface area contributed by atoms with Crippen molar-refractivity contribution in [1.82, 2.24) is 0 Å². The van der Waals surface area contributed by atoms with E-state index in [0.29, 0.717) is 12.5 Å². The Bertz CT molecular complexity index is 181. The first-order valence-corrected chi connectivity index (χ1v) is 4.25. The molecule has 68 valence electrons. The van der Waals surface area contributed by atoms with Crippen molar-refractivity contribution < 1.29 is 14.2 Å². The van der Waals surface area contributed by atoms with Crippen LogP contribution < -0.4 is 0 Å². The van der Waals surface area contributed by atoms with Crippen molar-refractivity contribution in [3.05, 3.63) is 12.7 Å². The highest BCUT2D eigenvalue weighted by Crippen LogP contribution is 2.32. The van der Waals surface area contributed by atoms with E-state index in [-0.39, 0.29) is 18.3 Å². The monoisotopic (exact) mass is 170 g/mol. The maximum Gasteiger partial charge on any atom is 0.113 e. The van der Waals surface area contributed by atoms with Crippen molar-refractivity contribution in [1.29, 1.82) is 0 Å². The minimum atomic E-state index is 0.111. The van der Waals surface area contributed by atoms with Gasteiger partial charge in [0.05, 0.1) is 19.3 Å². The van der Waals surface area contributed by atoms with Crippen molar-refractivity contribution >= 4 is 0 Å². The summed E-state index contributed by atoms with van der Waals surface area (Å²) in [6.07, 6.45) is 2.31. The van der Waals surface area contributed by atoms with Crippen molar-refractivity contribution in [2.75, 3.05) is 20.3 Å². The Morgan fingerprint density at radius 1 is 1.33 bits per heavy atom. The average Bonchev–Trinajstić information content (AvgIpc) is 2.62. The molecule has 2 unspecified atom stereocenters. The van der Waals surface area contributed by atoms with Gasteiger partial charge in [-0.1, -0.05) is 6.08 Å². The first-order chi connectivity index (χ1) is 5.86. The van der Waals surface area contributed by atoms with Gasteiger partial charge in [0.1, 0.15) is 12.2 Å². The van der Waals surface area contributed by atoms with Crippen molar-refractivity contribution in [3.63, 3.8) is 0 Å². The zero-order valence-electron chi connectivity index (χ0n) is 7.23. The Hall–Kier alpha value is -0.380. The molecule has 0 aromatic carbocycles. The molecular formula is C9H14O3. The maximum absolute atomic E-state index is 5.56. The molecule has 12 heavy (non-hydrogen) atoms. The molecule has 3 nitrogen and oxygen atoms in total. The predicted octanol–water partition coefficient (Wildman–Crippen LogP) is 0.601. The van der Waals surface area contributed by atoms with E-state index in [4.69, 9.17) is 14.2 Å². The van der Waals surface area contributed by atoms with Crippen LogP contribution in [0.3, 0.4) is 0 Å². The lowest BCUT2D eigenvalue weighted by molar-refractivity contribution is -0.00830. The van der Waals surface area contributed by atoms with Gasteiger partial charge >= 0.3 is 0 Å². The SMILES string of the molecule is C=C[C@H]1COC2C1OC[C@H]2OC. The lowest BCUT2D eigenvalue weighted by atomic mass is 10.0. The van der Waals surface area contributed by atoms with E-state index in [2.05, 4.69) is 6.58 Å². The summed E-state index contributed by atoms with van der Waals surface area (Å²) in [7, 11) is 1.70. The quantitative estimate of drug-likeness (QED) is 0.568. The molecule has 0 spiro atoms. The number of rotatable bonds is 2. The molecule has 0 bridgehead atoms. The molecule has 0 aliphatic carbocycles. The van der Waals surface area contributed by atoms with Gasteiger partial charge in [-0.15, -0.1) is 6.58 Å². The highest BCUT2D eigenvalue weighted by atomic mass is 16.6. The van der Waals surface area contributed by atoms with Gasteiger partial charge in [-0.2, -0.15) is 0 Å². The topological polar surface area (TPSA) is 27.7 Å². The summed E-state index contributed by atoms with van der Waals surface area (Å²) in [6.45, 7) is 5.12. The molecule has 0 N–H and O–H groups in total. The minimum absolute atomic E-state index is 0.111. The molecule has 2 fully saturated rings. The van der Waals surface area contributed by atoms with Crippen LogP contribution >= 0.6 is 0 Å². The number of ether oxygens (including phenoxy) is 3. The predicted molar refractivity (Wildman–Crippen MR) is 44.0 cm³/mol. The van der Waals surface area contributed by atoms with E-state index in [1.54, 1.807) is 7.11 Å². The van der Waals surface area contributed by atoms with Crippen LogP contribution in [-0.4, -0.2) is 38.6 Å².